The minimum absolute atomic E-state index is 0.628. The molecule has 0 fully saturated rings. The molecule has 69 heavy (non-hydrogen) atoms. The van der Waals surface area contributed by atoms with E-state index in [-0.39, 0.29) is 0 Å². The molecule has 0 atom stereocenters. The molecule has 4 nitrogen and oxygen atoms in total. The molecule has 0 spiro atoms. The van der Waals surface area contributed by atoms with Crippen molar-refractivity contribution in [1.82, 2.24) is 19.1 Å². The Morgan fingerprint density at radius 3 is 1.20 bits per heavy atom. The van der Waals surface area contributed by atoms with E-state index in [4.69, 9.17) is 9.97 Å². The molecule has 0 saturated carbocycles. The van der Waals surface area contributed by atoms with Gasteiger partial charge in [-0.25, -0.2) is 9.97 Å². The molecule has 15 rings (SSSR count). The third-order valence-corrected chi connectivity index (χ3v) is 16.6. The number of rotatable bonds is 6. The van der Waals surface area contributed by atoms with Crippen molar-refractivity contribution in [3.05, 3.63) is 253 Å². The van der Waals surface area contributed by atoms with E-state index < -0.39 is 5.41 Å². The number of hydrogen-bond donors (Lipinski definition) is 0. The van der Waals surface area contributed by atoms with Crippen molar-refractivity contribution < 1.29 is 0 Å². The summed E-state index contributed by atoms with van der Waals surface area (Å²) < 4.78 is 7.32. The lowest BCUT2D eigenvalue weighted by molar-refractivity contribution is 0.766. The first kappa shape index (κ1) is 38.7. The second kappa shape index (κ2) is 14.8. The highest BCUT2D eigenvalue weighted by Gasteiger charge is 2.46. The van der Waals surface area contributed by atoms with Gasteiger partial charge < -0.3 is 9.13 Å². The highest BCUT2D eigenvalue weighted by Crippen LogP contribution is 2.57. The van der Waals surface area contributed by atoms with E-state index in [0.717, 1.165) is 43.6 Å². The number of benzene rings is 10. The fourth-order valence-corrected chi connectivity index (χ4v) is 13.4. The van der Waals surface area contributed by atoms with Crippen LogP contribution in [0.25, 0.3) is 108 Å². The monoisotopic (exact) mass is 914 g/mol. The molecule has 0 unspecified atom stereocenters. The Kier molecular flexibility index (Phi) is 8.29. The lowest BCUT2D eigenvalue weighted by Crippen LogP contribution is -2.28. The minimum atomic E-state index is -0.628. The van der Waals surface area contributed by atoms with E-state index in [9.17, 15) is 0 Å². The molecule has 1 aliphatic carbocycles. The largest absolute Gasteiger partial charge is 0.309 e. The number of fused-ring (bicyclic) bond motifs is 11. The number of nitrogens with zero attached hydrogens (tertiary/aromatic N) is 4. The van der Waals surface area contributed by atoms with Gasteiger partial charge in [0.1, 0.15) is 10.0 Å². The summed E-state index contributed by atoms with van der Waals surface area (Å²) >= 11 is 3.50. The van der Waals surface area contributed by atoms with Crippen LogP contribution in [-0.2, 0) is 5.41 Å². The number of aromatic nitrogens is 4. The lowest BCUT2D eigenvalue weighted by atomic mass is 9.67. The summed E-state index contributed by atoms with van der Waals surface area (Å²) in [4.78, 5) is 10.1. The van der Waals surface area contributed by atoms with E-state index in [1.54, 1.807) is 22.7 Å². The molecule has 0 bridgehead atoms. The van der Waals surface area contributed by atoms with Gasteiger partial charge in [0.05, 0.1) is 47.9 Å². The normalized spacial score (nSPS) is 13.0. The smallest absolute Gasteiger partial charge is 0.124 e. The van der Waals surface area contributed by atoms with E-state index >= 15 is 0 Å². The Bertz CT molecular complexity index is 4030. The van der Waals surface area contributed by atoms with Gasteiger partial charge in [-0.2, -0.15) is 0 Å². The molecule has 0 amide bonds. The van der Waals surface area contributed by atoms with Crippen molar-refractivity contribution in [2.75, 3.05) is 0 Å². The van der Waals surface area contributed by atoms with Crippen LogP contribution < -0.4 is 0 Å². The van der Waals surface area contributed by atoms with Crippen molar-refractivity contribution in [2.45, 2.75) is 5.41 Å². The average Bonchev–Trinajstić information content (AvgIpc) is 4.24. The van der Waals surface area contributed by atoms with E-state index in [1.807, 2.05) is 0 Å². The van der Waals surface area contributed by atoms with Crippen molar-refractivity contribution in [3.63, 3.8) is 0 Å². The SMILES string of the molecule is c1ccc(C2(c3ccccc3)c3cc(-n4c5ccccc5c5cc(-c6nc7ccccc7s6)ccc54)ccc3-c3ccc(-n4c5ccccc5c5cc(-c6nc7ccccc7s6)ccc54)cc32)cc1. The number of thiazole rings is 2. The molecule has 0 aliphatic heterocycles. The average molecular weight is 915 g/mol. The van der Waals surface area contributed by atoms with Crippen molar-refractivity contribution in [1.29, 1.82) is 0 Å². The second-order valence-electron chi connectivity index (χ2n) is 18.1. The topological polar surface area (TPSA) is 35.6 Å². The van der Waals surface area contributed by atoms with E-state index in [2.05, 4.69) is 240 Å². The maximum Gasteiger partial charge on any atom is 0.124 e. The van der Waals surface area contributed by atoms with Crippen LogP contribution in [0.4, 0.5) is 0 Å². The molecular weight excluding hydrogens is 877 g/mol. The zero-order chi connectivity index (χ0) is 45.2. The number of para-hydroxylation sites is 4. The van der Waals surface area contributed by atoms with Gasteiger partial charge in [-0.15, -0.1) is 22.7 Å². The van der Waals surface area contributed by atoms with Crippen LogP contribution in [-0.4, -0.2) is 19.1 Å². The summed E-state index contributed by atoms with van der Waals surface area (Å²) in [6.45, 7) is 0. The first-order valence-electron chi connectivity index (χ1n) is 23.4. The summed E-state index contributed by atoms with van der Waals surface area (Å²) in [6.07, 6.45) is 0. The van der Waals surface area contributed by atoms with Gasteiger partial charge in [0.15, 0.2) is 0 Å². The molecule has 322 valence electrons. The quantitative estimate of drug-likeness (QED) is 0.167. The van der Waals surface area contributed by atoms with Gasteiger partial charge in [-0.05, 0) is 130 Å². The molecule has 14 aromatic rings. The van der Waals surface area contributed by atoms with Gasteiger partial charge in [-0.1, -0.05) is 133 Å². The van der Waals surface area contributed by atoms with Crippen LogP contribution in [0.15, 0.2) is 231 Å². The van der Waals surface area contributed by atoms with E-state index in [1.165, 1.54) is 86.4 Å². The molecule has 0 N–H and O–H groups in total. The van der Waals surface area contributed by atoms with Gasteiger partial charge >= 0.3 is 0 Å². The van der Waals surface area contributed by atoms with Gasteiger partial charge in [0, 0.05) is 44.0 Å². The van der Waals surface area contributed by atoms with Crippen LogP contribution in [0.2, 0.25) is 0 Å². The van der Waals surface area contributed by atoms with Crippen molar-refractivity contribution in [2.24, 2.45) is 0 Å². The lowest BCUT2D eigenvalue weighted by Gasteiger charge is -2.34. The Labute approximate surface area is 405 Å². The molecule has 6 heteroatoms. The first-order valence-corrected chi connectivity index (χ1v) is 25.0. The van der Waals surface area contributed by atoms with Crippen LogP contribution in [0, 0.1) is 0 Å². The molecule has 0 saturated heterocycles. The maximum absolute atomic E-state index is 5.05. The van der Waals surface area contributed by atoms with Crippen LogP contribution in [0.1, 0.15) is 22.3 Å². The zero-order valence-corrected chi connectivity index (χ0v) is 38.7. The third kappa shape index (κ3) is 5.61. The Morgan fingerprint density at radius 1 is 0.333 bits per heavy atom. The van der Waals surface area contributed by atoms with E-state index in [0.29, 0.717) is 0 Å². The minimum Gasteiger partial charge on any atom is -0.309 e. The van der Waals surface area contributed by atoms with Crippen molar-refractivity contribution >= 4 is 86.7 Å². The fourth-order valence-electron chi connectivity index (χ4n) is 11.5. The van der Waals surface area contributed by atoms with Gasteiger partial charge in [0.25, 0.3) is 0 Å². The molecule has 4 heterocycles. The fraction of sp³-hybridized carbons (Fsp3) is 0.0159. The van der Waals surface area contributed by atoms with Gasteiger partial charge in [-0.3, -0.25) is 0 Å². The molecular formula is C63H38N4S2. The number of hydrogen-bond acceptors (Lipinski definition) is 4. The standard InChI is InChI=1S/C63H38N4S2/c1-3-15-41(16-4-1)63(42-17-5-2-6-18-42)51-37-43(66-55-23-11-7-19-47(55)49-35-39(27-33-57(49)66)61-64-53-21-9-13-25-59(53)68-61)29-31-45(51)46-32-30-44(38-52(46)63)67-56-24-12-8-20-48(56)50-36-40(28-34-58(50)67)62-65-54-22-10-14-26-60(54)69-62/h1-38H. The molecule has 10 aromatic carbocycles. The van der Waals surface area contributed by atoms with Crippen molar-refractivity contribution in [3.8, 4) is 43.6 Å². The maximum atomic E-state index is 5.05. The Balaban J connectivity index is 0.948. The van der Waals surface area contributed by atoms with Gasteiger partial charge in [0.2, 0.25) is 0 Å². The second-order valence-corrected chi connectivity index (χ2v) is 20.1. The van der Waals surface area contributed by atoms with Crippen LogP contribution >= 0.6 is 22.7 Å². The summed E-state index contributed by atoms with van der Waals surface area (Å²) in [7, 11) is 0. The van der Waals surface area contributed by atoms with Crippen LogP contribution in [0.5, 0.6) is 0 Å². The third-order valence-electron chi connectivity index (χ3n) is 14.5. The first-order chi connectivity index (χ1) is 34.2. The highest BCUT2D eigenvalue weighted by molar-refractivity contribution is 7.22. The predicted molar refractivity (Wildman–Crippen MR) is 290 cm³/mol. The molecule has 4 aromatic heterocycles. The Morgan fingerprint density at radius 2 is 0.739 bits per heavy atom. The summed E-state index contributed by atoms with van der Waals surface area (Å²) in [6, 6.07) is 84.9. The molecule has 1 aliphatic rings. The molecule has 0 radical (unpaired) electrons. The highest BCUT2D eigenvalue weighted by atomic mass is 32.1. The summed E-state index contributed by atoms with van der Waals surface area (Å²) in [5, 5.41) is 6.95. The predicted octanol–water partition coefficient (Wildman–Crippen LogP) is 16.8. The zero-order valence-electron chi connectivity index (χ0n) is 37.0. The summed E-state index contributed by atoms with van der Waals surface area (Å²) in [5.74, 6) is 0. The van der Waals surface area contributed by atoms with Crippen LogP contribution in [0.3, 0.4) is 0 Å². The Hall–Kier alpha value is -8.42. The summed E-state index contributed by atoms with van der Waals surface area (Å²) in [5.41, 5.74) is 18.2.